The molecule has 0 saturated carbocycles. The molecule has 4 unspecified atom stereocenters. The monoisotopic (exact) mass is 536 g/mol. The van der Waals surface area contributed by atoms with E-state index in [1.165, 1.54) is 11.8 Å². The van der Waals surface area contributed by atoms with E-state index in [-0.39, 0.29) is 31.1 Å². The van der Waals surface area contributed by atoms with Crippen molar-refractivity contribution in [3.63, 3.8) is 0 Å². The van der Waals surface area contributed by atoms with Gasteiger partial charge in [0.1, 0.15) is 18.1 Å². The summed E-state index contributed by atoms with van der Waals surface area (Å²) in [5, 5.41) is 16.9. The number of rotatable bonds is 19. The number of nitrogens with zero attached hydrogens (tertiary/aromatic N) is 1. The van der Waals surface area contributed by atoms with E-state index in [0.717, 1.165) is 6.42 Å². The molecule has 3 amide bonds. The van der Waals surface area contributed by atoms with E-state index in [9.17, 15) is 24.3 Å². The second-order valence-electron chi connectivity index (χ2n) is 7.83. The number of hydrogen-bond acceptors (Lipinski definition) is 9. The number of carboxylic acid groups (broad SMARTS) is 1. The highest BCUT2D eigenvalue weighted by Crippen LogP contribution is 2.05. The van der Waals surface area contributed by atoms with Gasteiger partial charge in [-0.05, 0) is 50.7 Å². The minimum absolute atomic E-state index is 0.0836. The summed E-state index contributed by atoms with van der Waals surface area (Å²) in [6, 6.07) is -4.06. The van der Waals surface area contributed by atoms with Gasteiger partial charge in [0.15, 0.2) is 5.96 Å². The van der Waals surface area contributed by atoms with E-state index in [0.29, 0.717) is 31.6 Å². The molecule has 0 spiro atoms. The van der Waals surface area contributed by atoms with Gasteiger partial charge >= 0.3 is 5.97 Å². The van der Waals surface area contributed by atoms with Gasteiger partial charge in [-0.15, -0.1) is 0 Å². The molecule has 13 nitrogen and oxygen atoms in total. The fourth-order valence-corrected chi connectivity index (χ4v) is 3.65. The molecule has 0 aromatic heterocycles. The molecule has 0 saturated heterocycles. The van der Waals surface area contributed by atoms with Crippen LogP contribution in [0.3, 0.4) is 0 Å². The third-order valence-corrected chi connectivity index (χ3v) is 5.93. The molecule has 0 aromatic rings. The van der Waals surface area contributed by atoms with Crippen LogP contribution in [-0.2, 0) is 19.2 Å². The zero-order valence-corrected chi connectivity index (χ0v) is 21.8. The lowest BCUT2D eigenvalue weighted by molar-refractivity contribution is -0.142. The smallest absolute Gasteiger partial charge is 0.326 e. The maximum Gasteiger partial charge on any atom is 0.326 e. The summed E-state index contributed by atoms with van der Waals surface area (Å²) in [6.45, 7) is 0.716. The summed E-state index contributed by atoms with van der Waals surface area (Å²) in [5.41, 5.74) is 22.0. The summed E-state index contributed by atoms with van der Waals surface area (Å²) >= 11 is 5.56. The highest BCUT2D eigenvalue weighted by Gasteiger charge is 2.29. The summed E-state index contributed by atoms with van der Waals surface area (Å²) < 4.78 is 0. The van der Waals surface area contributed by atoms with E-state index < -0.39 is 47.9 Å². The second-order valence-corrected chi connectivity index (χ2v) is 9.18. The lowest BCUT2D eigenvalue weighted by Gasteiger charge is -2.24. The van der Waals surface area contributed by atoms with Crippen molar-refractivity contribution in [1.82, 2.24) is 16.0 Å². The van der Waals surface area contributed by atoms with Crippen molar-refractivity contribution in [1.29, 1.82) is 0 Å². The van der Waals surface area contributed by atoms with E-state index >= 15 is 0 Å². The third-order valence-electron chi connectivity index (χ3n) is 4.93. The Labute approximate surface area is 215 Å². The molecule has 15 heteroatoms. The van der Waals surface area contributed by atoms with Gasteiger partial charge in [0.25, 0.3) is 0 Å². The van der Waals surface area contributed by atoms with Crippen LogP contribution in [0.25, 0.3) is 0 Å². The van der Waals surface area contributed by atoms with Crippen molar-refractivity contribution in [3.8, 4) is 0 Å². The minimum atomic E-state index is -1.18. The topological polar surface area (TPSA) is 241 Å². The Bertz CT molecular complexity index is 709. The summed E-state index contributed by atoms with van der Waals surface area (Å²) in [4.78, 5) is 53.4. The van der Waals surface area contributed by atoms with Crippen LogP contribution in [0.15, 0.2) is 4.99 Å². The van der Waals surface area contributed by atoms with Crippen LogP contribution in [0, 0.1) is 0 Å². The van der Waals surface area contributed by atoms with E-state index in [4.69, 9.17) is 22.9 Å². The average molecular weight is 537 g/mol. The van der Waals surface area contributed by atoms with Gasteiger partial charge < -0.3 is 44.0 Å². The highest BCUT2D eigenvalue weighted by molar-refractivity contribution is 7.98. The zero-order chi connectivity index (χ0) is 26.8. The first-order chi connectivity index (χ1) is 16.6. The number of nitrogens with two attached hydrogens (primary N) is 4. The maximum atomic E-state index is 13.0. The SMILES string of the molecule is CSCCC(NC(=O)C(CS)NC(=O)C(CCCN=C(N)N)NC(=O)C(N)CCCCN)C(=O)O. The number of thiol groups is 1. The highest BCUT2D eigenvalue weighted by atomic mass is 32.2. The fourth-order valence-electron chi connectivity index (χ4n) is 2.92. The number of aliphatic carboxylic acids is 1. The number of thioether (sulfide) groups is 1. The number of carboxylic acids is 1. The lowest BCUT2D eigenvalue weighted by Crippen LogP contribution is -2.57. The van der Waals surface area contributed by atoms with Crippen molar-refractivity contribution in [2.24, 2.45) is 27.9 Å². The van der Waals surface area contributed by atoms with Gasteiger partial charge in [0.05, 0.1) is 6.04 Å². The standard InChI is InChI=1S/C20H40N8O5S2/c1-35-10-7-14(19(32)33)27-18(31)15(11-34)28-17(30)13(6-4-9-25-20(23)24)26-16(29)12(22)5-2-3-8-21/h12-15,34H,2-11,21-22H2,1H3,(H,26,29)(H,27,31)(H,28,30)(H,32,33)(H4,23,24,25). The maximum absolute atomic E-state index is 13.0. The Hall–Kier alpha value is -2.23. The predicted molar refractivity (Wildman–Crippen MR) is 141 cm³/mol. The summed E-state index contributed by atoms with van der Waals surface area (Å²) in [5.74, 6) is -2.67. The molecular weight excluding hydrogens is 496 g/mol. The molecule has 0 aromatic carbocycles. The molecule has 0 bridgehead atoms. The first kappa shape index (κ1) is 32.8. The first-order valence-electron chi connectivity index (χ1n) is 11.3. The number of unbranched alkanes of at least 4 members (excludes halogenated alkanes) is 1. The van der Waals surface area contributed by atoms with Crippen molar-refractivity contribution >= 4 is 54.0 Å². The molecule has 0 radical (unpaired) electrons. The predicted octanol–water partition coefficient (Wildman–Crippen LogP) is -2.28. The van der Waals surface area contributed by atoms with Gasteiger partial charge in [-0.1, -0.05) is 6.42 Å². The molecule has 4 atom stereocenters. The van der Waals surface area contributed by atoms with Gasteiger partial charge in [-0.3, -0.25) is 19.4 Å². The number of carbonyl (C=O) groups is 4. The lowest BCUT2D eigenvalue weighted by atomic mass is 10.1. The molecule has 0 aliphatic carbocycles. The number of guanidine groups is 1. The van der Waals surface area contributed by atoms with Crippen molar-refractivity contribution in [2.75, 3.05) is 30.9 Å². The average Bonchev–Trinajstić information content (AvgIpc) is 2.81. The van der Waals surface area contributed by atoms with Crippen molar-refractivity contribution in [3.05, 3.63) is 0 Å². The molecule has 0 rings (SSSR count). The fraction of sp³-hybridized carbons (Fsp3) is 0.750. The van der Waals surface area contributed by atoms with Crippen LogP contribution < -0.4 is 38.9 Å². The van der Waals surface area contributed by atoms with Gasteiger partial charge in [0, 0.05) is 12.3 Å². The molecule has 0 aliphatic rings. The van der Waals surface area contributed by atoms with E-state index in [1.54, 1.807) is 0 Å². The Morgan fingerprint density at radius 3 is 2.06 bits per heavy atom. The largest absolute Gasteiger partial charge is 0.480 e. The molecule has 202 valence electrons. The quantitative estimate of drug-likeness (QED) is 0.0370. The Kier molecular flexibility index (Phi) is 17.8. The number of carbonyl (C=O) groups excluding carboxylic acids is 3. The Morgan fingerprint density at radius 1 is 0.914 bits per heavy atom. The van der Waals surface area contributed by atoms with Crippen LogP contribution in [-0.4, -0.2) is 89.8 Å². The number of nitrogens with one attached hydrogen (secondary N) is 3. The summed E-state index contributed by atoms with van der Waals surface area (Å²) in [6.07, 6.45) is 4.37. The number of aliphatic imine (C=N–C) groups is 1. The molecule has 0 aliphatic heterocycles. The molecule has 0 fully saturated rings. The van der Waals surface area contributed by atoms with Gasteiger partial charge in [-0.25, -0.2) is 4.79 Å². The Morgan fingerprint density at radius 2 is 1.51 bits per heavy atom. The van der Waals surface area contributed by atoms with Crippen LogP contribution in [0.4, 0.5) is 0 Å². The molecule has 35 heavy (non-hydrogen) atoms. The molecule has 12 N–H and O–H groups in total. The third kappa shape index (κ3) is 14.7. The Balaban J connectivity index is 5.28. The van der Waals surface area contributed by atoms with E-state index in [1.807, 2.05) is 6.26 Å². The van der Waals surface area contributed by atoms with Crippen LogP contribution in [0.5, 0.6) is 0 Å². The normalized spacial score (nSPS) is 14.2. The molecule has 0 heterocycles. The zero-order valence-electron chi connectivity index (χ0n) is 20.1. The minimum Gasteiger partial charge on any atom is -0.480 e. The van der Waals surface area contributed by atoms with E-state index in [2.05, 4.69) is 33.6 Å². The number of hydrogen-bond donors (Lipinski definition) is 9. The van der Waals surface area contributed by atoms with Crippen LogP contribution in [0.2, 0.25) is 0 Å². The van der Waals surface area contributed by atoms with Crippen molar-refractivity contribution in [2.45, 2.75) is 62.7 Å². The van der Waals surface area contributed by atoms with Crippen molar-refractivity contribution < 1.29 is 24.3 Å². The van der Waals surface area contributed by atoms with Gasteiger partial charge in [0.2, 0.25) is 17.7 Å². The van der Waals surface area contributed by atoms with Crippen LogP contribution in [0.1, 0.15) is 38.5 Å². The second kappa shape index (κ2) is 19.0. The first-order valence-corrected chi connectivity index (χ1v) is 13.3. The van der Waals surface area contributed by atoms with Gasteiger partial charge in [-0.2, -0.15) is 24.4 Å². The number of amides is 3. The van der Waals surface area contributed by atoms with Crippen LogP contribution >= 0.6 is 24.4 Å². The molecular formula is C20H40N8O5S2. The summed E-state index contributed by atoms with van der Waals surface area (Å²) in [7, 11) is 0.